The monoisotopic (exact) mass is 453 g/mol. The lowest BCUT2D eigenvalue weighted by Crippen LogP contribution is -2.22. The minimum atomic E-state index is -0.454. The molecule has 0 saturated carbocycles. The molecule has 2 amide bonds. The second-order valence-corrected chi connectivity index (χ2v) is 7.60. The van der Waals surface area contributed by atoms with Gasteiger partial charge in [-0.1, -0.05) is 18.2 Å². The summed E-state index contributed by atoms with van der Waals surface area (Å²) in [6, 6.07) is 24.8. The number of benzene rings is 3. The number of esters is 1. The fourth-order valence-electron chi connectivity index (χ4n) is 3.41. The van der Waals surface area contributed by atoms with Crippen molar-refractivity contribution in [3.8, 4) is 11.4 Å². The van der Waals surface area contributed by atoms with Crippen LogP contribution >= 0.6 is 0 Å². The van der Waals surface area contributed by atoms with Crippen LogP contribution in [0.5, 0.6) is 5.75 Å². The average Bonchev–Trinajstić information content (AvgIpc) is 3.38. The maximum atomic E-state index is 12.6. The van der Waals surface area contributed by atoms with Crippen LogP contribution in [0.15, 0.2) is 97.3 Å². The van der Waals surface area contributed by atoms with Crippen LogP contribution in [0.4, 0.5) is 5.69 Å². The summed E-state index contributed by atoms with van der Waals surface area (Å²) in [4.78, 5) is 36.3. The first-order valence-corrected chi connectivity index (χ1v) is 10.7. The van der Waals surface area contributed by atoms with E-state index in [2.05, 4.69) is 10.6 Å². The number of nitrogens with zero attached hydrogens (tertiary/aromatic N) is 1. The molecule has 4 aromatic rings. The molecule has 7 heteroatoms. The van der Waals surface area contributed by atoms with E-state index >= 15 is 0 Å². The van der Waals surface area contributed by atoms with Gasteiger partial charge in [0.2, 0.25) is 0 Å². The van der Waals surface area contributed by atoms with Crippen molar-refractivity contribution in [1.29, 1.82) is 0 Å². The summed E-state index contributed by atoms with van der Waals surface area (Å²) in [6.07, 6.45) is 3.88. The van der Waals surface area contributed by atoms with Crippen LogP contribution in [0, 0.1) is 0 Å². The van der Waals surface area contributed by atoms with Crippen LogP contribution in [-0.2, 0) is 11.3 Å². The molecule has 0 aliphatic heterocycles. The molecule has 0 fully saturated rings. The Hall–Kier alpha value is -4.65. The molecule has 0 radical (unpaired) electrons. The molecular formula is C27H23N3O4. The third kappa shape index (κ3) is 5.77. The normalized spacial score (nSPS) is 10.4. The standard InChI is InChI=1S/C27H23N3O4/c1-19(31)34-25-9-5-7-22(17-25)27(33)29-23-8-4-6-20(16-23)18-28-26(32)21-10-12-24(13-11-21)30-14-2-3-15-30/h2-17H,18H2,1H3,(H,28,32)(H,29,33). The number of carbonyl (C=O) groups excluding carboxylic acids is 3. The van der Waals surface area contributed by atoms with E-state index in [1.165, 1.54) is 13.0 Å². The van der Waals surface area contributed by atoms with Gasteiger partial charge in [0.05, 0.1) is 0 Å². The second-order valence-electron chi connectivity index (χ2n) is 7.60. The Bertz CT molecular complexity index is 1310. The van der Waals surface area contributed by atoms with E-state index in [1.54, 1.807) is 48.5 Å². The van der Waals surface area contributed by atoms with E-state index in [-0.39, 0.29) is 11.8 Å². The number of ether oxygens (including phenoxy) is 1. The number of rotatable bonds is 7. The van der Waals surface area contributed by atoms with Crippen LogP contribution < -0.4 is 15.4 Å². The van der Waals surface area contributed by atoms with Crippen molar-refractivity contribution in [3.05, 3.63) is 114 Å². The van der Waals surface area contributed by atoms with E-state index in [0.29, 0.717) is 29.1 Å². The summed E-state index contributed by atoms with van der Waals surface area (Å²) in [7, 11) is 0. The van der Waals surface area contributed by atoms with Gasteiger partial charge in [-0.25, -0.2) is 0 Å². The SMILES string of the molecule is CC(=O)Oc1cccc(C(=O)Nc2cccc(CNC(=O)c3ccc(-n4cccc4)cc3)c2)c1. The first kappa shape index (κ1) is 22.5. The predicted molar refractivity (Wildman–Crippen MR) is 129 cm³/mol. The lowest BCUT2D eigenvalue weighted by atomic mass is 10.1. The summed E-state index contributed by atoms with van der Waals surface area (Å²) in [6.45, 7) is 1.61. The zero-order chi connectivity index (χ0) is 23.9. The third-order valence-corrected chi connectivity index (χ3v) is 5.03. The largest absolute Gasteiger partial charge is 0.427 e. The van der Waals surface area contributed by atoms with Crippen molar-refractivity contribution < 1.29 is 19.1 Å². The molecule has 7 nitrogen and oxygen atoms in total. The smallest absolute Gasteiger partial charge is 0.308 e. The number of hydrogen-bond donors (Lipinski definition) is 2. The Morgan fingerprint density at radius 3 is 2.26 bits per heavy atom. The van der Waals surface area contributed by atoms with Crippen LogP contribution in [-0.4, -0.2) is 22.4 Å². The van der Waals surface area contributed by atoms with Gasteiger partial charge in [0, 0.05) is 48.4 Å². The summed E-state index contributed by atoms with van der Waals surface area (Å²) in [5.41, 5.74) is 3.33. The van der Waals surface area contributed by atoms with Crippen molar-refractivity contribution in [2.75, 3.05) is 5.32 Å². The molecule has 2 N–H and O–H groups in total. The van der Waals surface area contributed by atoms with E-state index in [9.17, 15) is 14.4 Å². The van der Waals surface area contributed by atoms with Crippen LogP contribution in [0.1, 0.15) is 33.2 Å². The van der Waals surface area contributed by atoms with Gasteiger partial charge in [0.1, 0.15) is 5.75 Å². The first-order valence-electron chi connectivity index (χ1n) is 10.7. The molecule has 0 saturated heterocycles. The van der Waals surface area contributed by atoms with E-state index in [0.717, 1.165) is 11.3 Å². The molecule has 34 heavy (non-hydrogen) atoms. The number of nitrogens with one attached hydrogen (secondary N) is 2. The molecule has 3 aromatic carbocycles. The van der Waals surface area contributed by atoms with E-state index in [1.807, 2.05) is 47.3 Å². The van der Waals surface area contributed by atoms with Crippen molar-refractivity contribution >= 4 is 23.5 Å². The highest BCUT2D eigenvalue weighted by atomic mass is 16.5. The van der Waals surface area contributed by atoms with Gasteiger partial charge in [-0.3, -0.25) is 14.4 Å². The van der Waals surface area contributed by atoms with Gasteiger partial charge in [0.15, 0.2) is 0 Å². The average molecular weight is 453 g/mol. The number of carbonyl (C=O) groups is 3. The summed E-state index contributed by atoms with van der Waals surface area (Å²) in [5.74, 6) is -0.670. The summed E-state index contributed by atoms with van der Waals surface area (Å²) >= 11 is 0. The first-order chi connectivity index (χ1) is 16.5. The zero-order valence-electron chi connectivity index (χ0n) is 18.5. The van der Waals surface area contributed by atoms with E-state index < -0.39 is 5.97 Å². The highest BCUT2D eigenvalue weighted by molar-refractivity contribution is 6.04. The fraction of sp³-hybridized carbons (Fsp3) is 0.0741. The minimum Gasteiger partial charge on any atom is -0.427 e. The number of amides is 2. The summed E-state index contributed by atoms with van der Waals surface area (Å²) in [5, 5.41) is 5.72. The molecular weight excluding hydrogens is 430 g/mol. The number of hydrogen-bond acceptors (Lipinski definition) is 4. The molecule has 0 spiro atoms. The molecule has 0 atom stereocenters. The van der Waals surface area contributed by atoms with Crippen molar-refractivity contribution in [2.45, 2.75) is 13.5 Å². The quantitative estimate of drug-likeness (QED) is 0.317. The zero-order valence-corrected chi connectivity index (χ0v) is 18.5. The molecule has 4 rings (SSSR count). The van der Waals surface area contributed by atoms with Crippen LogP contribution in [0.3, 0.4) is 0 Å². The fourth-order valence-corrected chi connectivity index (χ4v) is 3.41. The van der Waals surface area contributed by atoms with Crippen molar-refractivity contribution in [2.24, 2.45) is 0 Å². The maximum absolute atomic E-state index is 12.6. The minimum absolute atomic E-state index is 0.184. The molecule has 0 bridgehead atoms. The van der Waals surface area contributed by atoms with Crippen LogP contribution in [0.25, 0.3) is 5.69 Å². The number of aromatic nitrogens is 1. The molecule has 0 aliphatic rings. The van der Waals surface area contributed by atoms with Gasteiger partial charge < -0.3 is 19.9 Å². The molecule has 170 valence electrons. The molecule has 1 heterocycles. The van der Waals surface area contributed by atoms with Gasteiger partial charge in [-0.2, -0.15) is 0 Å². The topological polar surface area (TPSA) is 89.4 Å². The van der Waals surface area contributed by atoms with Gasteiger partial charge in [0.25, 0.3) is 11.8 Å². The highest BCUT2D eigenvalue weighted by Gasteiger charge is 2.10. The second kappa shape index (κ2) is 10.3. The lowest BCUT2D eigenvalue weighted by molar-refractivity contribution is -0.131. The predicted octanol–water partition coefficient (Wildman–Crippen LogP) is 4.58. The van der Waals surface area contributed by atoms with Crippen molar-refractivity contribution in [3.63, 3.8) is 0 Å². The van der Waals surface area contributed by atoms with Crippen molar-refractivity contribution in [1.82, 2.24) is 9.88 Å². The van der Waals surface area contributed by atoms with Gasteiger partial charge in [-0.15, -0.1) is 0 Å². The Morgan fingerprint density at radius 1 is 0.794 bits per heavy atom. The highest BCUT2D eigenvalue weighted by Crippen LogP contribution is 2.17. The maximum Gasteiger partial charge on any atom is 0.308 e. The number of anilines is 1. The lowest BCUT2D eigenvalue weighted by Gasteiger charge is -2.10. The van der Waals surface area contributed by atoms with Crippen LogP contribution in [0.2, 0.25) is 0 Å². The Labute approximate surface area is 197 Å². The Kier molecular flexibility index (Phi) is 6.84. The van der Waals surface area contributed by atoms with E-state index in [4.69, 9.17) is 4.74 Å². The molecule has 0 unspecified atom stereocenters. The van der Waals surface area contributed by atoms with Gasteiger partial charge in [-0.05, 0) is 72.3 Å². The molecule has 1 aromatic heterocycles. The Balaban J connectivity index is 1.36. The molecule has 0 aliphatic carbocycles. The summed E-state index contributed by atoms with van der Waals surface area (Å²) < 4.78 is 7.00. The van der Waals surface area contributed by atoms with Gasteiger partial charge >= 0.3 is 5.97 Å². The Morgan fingerprint density at radius 2 is 1.53 bits per heavy atom. The third-order valence-electron chi connectivity index (χ3n) is 5.03.